The lowest BCUT2D eigenvalue weighted by molar-refractivity contribution is -0.384. The van der Waals surface area contributed by atoms with Gasteiger partial charge >= 0.3 is 0 Å². The molecule has 0 spiro atoms. The number of aliphatic hydroxyl groups is 1. The van der Waals surface area contributed by atoms with E-state index < -0.39 is 4.92 Å². The Kier molecular flexibility index (Phi) is 4.58. The van der Waals surface area contributed by atoms with Crippen molar-refractivity contribution in [1.82, 2.24) is 0 Å². The van der Waals surface area contributed by atoms with Crippen LogP contribution in [0.5, 0.6) is 0 Å². The first-order valence-electron chi connectivity index (χ1n) is 4.68. The van der Waals surface area contributed by atoms with E-state index in [0.717, 1.165) is 11.3 Å². The summed E-state index contributed by atoms with van der Waals surface area (Å²) in [7, 11) is 0. The van der Waals surface area contributed by atoms with Crippen LogP contribution in [0.4, 0.5) is 5.69 Å². The van der Waals surface area contributed by atoms with E-state index in [1.54, 1.807) is 12.1 Å². The van der Waals surface area contributed by atoms with Crippen LogP contribution in [0.1, 0.15) is 13.3 Å². The maximum absolute atomic E-state index is 10.4. The molecule has 0 bridgehead atoms. The normalized spacial score (nSPS) is 12.4. The molecule has 0 aromatic heterocycles. The van der Waals surface area contributed by atoms with Crippen LogP contribution in [-0.2, 0) is 0 Å². The second-order valence-corrected chi connectivity index (χ2v) is 4.22. The summed E-state index contributed by atoms with van der Waals surface area (Å²) < 4.78 is 0. The van der Waals surface area contributed by atoms with E-state index in [-0.39, 0.29) is 11.8 Å². The van der Waals surface area contributed by atoms with Gasteiger partial charge in [-0.3, -0.25) is 10.1 Å². The average Bonchev–Trinajstić information content (AvgIpc) is 2.26. The number of nitro benzene ring substituents is 1. The number of nitrogens with zero attached hydrogens (tertiary/aromatic N) is 1. The van der Waals surface area contributed by atoms with Crippen molar-refractivity contribution in [1.29, 1.82) is 0 Å². The molecule has 0 heterocycles. The fourth-order valence-corrected chi connectivity index (χ4v) is 1.92. The Balaban J connectivity index is 2.53. The molecule has 0 fully saturated rings. The molecule has 15 heavy (non-hydrogen) atoms. The standard InChI is InChI=1S/C10H13NO3S/c1-2-9(12)7-15-10-5-3-8(4-6-10)11(13)14/h3-6,9,12H,2,7H2,1H3. The van der Waals surface area contributed by atoms with Gasteiger partial charge in [0.1, 0.15) is 0 Å². The number of hydrogen-bond acceptors (Lipinski definition) is 4. The first-order chi connectivity index (χ1) is 7.13. The Morgan fingerprint density at radius 2 is 2.07 bits per heavy atom. The lowest BCUT2D eigenvalue weighted by atomic mass is 10.3. The van der Waals surface area contributed by atoms with Crippen LogP contribution >= 0.6 is 11.8 Å². The van der Waals surface area contributed by atoms with Crippen LogP contribution in [0.15, 0.2) is 29.2 Å². The molecule has 0 aliphatic rings. The molecule has 0 amide bonds. The second-order valence-electron chi connectivity index (χ2n) is 3.12. The van der Waals surface area contributed by atoms with Gasteiger partial charge in [0.2, 0.25) is 0 Å². The molecule has 1 aromatic carbocycles. The average molecular weight is 227 g/mol. The minimum atomic E-state index is -0.421. The summed E-state index contributed by atoms with van der Waals surface area (Å²) in [4.78, 5) is 10.9. The Labute approximate surface area is 92.5 Å². The molecular weight excluding hydrogens is 214 g/mol. The van der Waals surface area contributed by atoms with Crippen LogP contribution < -0.4 is 0 Å². The van der Waals surface area contributed by atoms with Crippen molar-refractivity contribution < 1.29 is 10.0 Å². The molecule has 0 radical (unpaired) electrons. The van der Waals surface area contributed by atoms with Gasteiger partial charge in [0.05, 0.1) is 11.0 Å². The van der Waals surface area contributed by atoms with Crippen molar-refractivity contribution in [2.24, 2.45) is 0 Å². The van der Waals surface area contributed by atoms with Gasteiger partial charge in [0, 0.05) is 22.8 Å². The van der Waals surface area contributed by atoms with Gasteiger partial charge in [-0.25, -0.2) is 0 Å². The van der Waals surface area contributed by atoms with E-state index >= 15 is 0 Å². The second kappa shape index (κ2) is 5.72. The van der Waals surface area contributed by atoms with Gasteiger partial charge in [-0.2, -0.15) is 0 Å². The largest absolute Gasteiger partial charge is 0.392 e. The van der Waals surface area contributed by atoms with Crippen molar-refractivity contribution >= 4 is 17.4 Å². The summed E-state index contributed by atoms with van der Waals surface area (Å²) in [6.07, 6.45) is 0.408. The van der Waals surface area contributed by atoms with E-state index in [9.17, 15) is 15.2 Å². The topological polar surface area (TPSA) is 63.4 Å². The first-order valence-corrected chi connectivity index (χ1v) is 5.67. The SMILES string of the molecule is CCC(O)CSc1ccc([N+](=O)[O-])cc1. The summed E-state index contributed by atoms with van der Waals surface area (Å²) in [6.45, 7) is 1.92. The maximum atomic E-state index is 10.4. The molecule has 0 saturated carbocycles. The summed E-state index contributed by atoms with van der Waals surface area (Å²) in [5.41, 5.74) is 0.0930. The lowest BCUT2D eigenvalue weighted by Gasteiger charge is -2.06. The van der Waals surface area contributed by atoms with E-state index in [1.807, 2.05) is 6.92 Å². The number of hydrogen-bond donors (Lipinski definition) is 1. The fourth-order valence-electron chi connectivity index (χ4n) is 0.974. The molecule has 4 nitrogen and oxygen atoms in total. The molecule has 0 aliphatic carbocycles. The van der Waals surface area contributed by atoms with Gasteiger partial charge < -0.3 is 5.11 Å². The van der Waals surface area contributed by atoms with Crippen molar-refractivity contribution in [2.75, 3.05) is 5.75 Å². The molecule has 1 rings (SSSR count). The van der Waals surface area contributed by atoms with Crippen molar-refractivity contribution in [3.8, 4) is 0 Å². The van der Waals surface area contributed by atoms with Gasteiger partial charge in [-0.1, -0.05) is 6.92 Å². The number of non-ortho nitro benzene ring substituents is 1. The zero-order valence-corrected chi connectivity index (χ0v) is 9.24. The monoisotopic (exact) mass is 227 g/mol. The molecule has 0 saturated heterocycles. The molecule has 1 aromatic rings. The van der Waals surface area contributed by atoms with E-state index in [1.165, 1.54) is 23.9 Å². The van der Waals surface area contributed by atoms with Crippen molar-refractivity contribution in [2.45, 2.75) is 24.3 Å². The lowest BCUT2D eigenvalue weighted by Crippen LogP contribution is -2.06. The molecule has 1 atom stereocenters. The molecule has 1 N–H and O–H groups in total. The maximum Gasteiger partial charge on any atom is 0.269 e. The highest BCUT2D eigenvalue weighted by Crippen LogP contribution is 2.22. The number of aliphatic hydroxyl groups excluding tert-OH is 1. The number of nitro groups is 1. The summed E-state index contributed by atoms with van der Waals surface area (Å²) in [5, 5.41) is 19.7. The third-order valence-electron chi connectivity index (χ3n) is 1.96. The zero-order valence-electron chi connectivity index (χ0n) is 8.42. The van der Waals surface area contributed by atoms with Crippen molar-refractivity contribution in [3.05, 3.63) is 34.4 Å². The Morgan fingerprint density at radius 3 is 2.53 bits per heavy atom. The van der Waals surface area contributed by atoms with E-state index in [4.69, 9.17) is 0 Å². The van der Waals surface area contributed by atoms with Crippen LogP contribution in [-0.4, -0.2) is 21.9 Å². The third-order valence-corrected chi connectivity index (χ3v) is 3.12. The Morgan fingerprint density at radius 1 is 1.47 bits per heavy atom. The molecule has 1 unspecified atom stereocenters. The summed E-state index contributed by atoms with van der Waals surface area (Å²) in [6, 6.07) is 6.34. The minimum absolute atomic E-state index is 0.0930. The molecule has 82 valence electrons. The predicted octanol–water partition coefficient (Wildman–Crippen LogP) is 2.46. The smallest absolute Gasteiger partial charge is 0.269 e. The minimum Gasteiger partial charge on any atom is -0.392 e. The Hall–Kier alpha value is -1.07. The highest BCUT2D eigenvalue weighted by atomic mass is 32.2. The van der Waals surface area contributed by atoms with Crippen LogP contribution in [0, 0.1) is 10.1 Å². The van der Waals surface area contributed by atoms with Crippen LogP contribution in [0.25, 0.3) is 0 Å². The third kappa shape index (κ3) is 3.89. The van der Waals surface area contributed by atoms with Gasteiger partial charge in [0.15, 0.2) is 0 Å². The van der Waals surface area contributed by atoms with Gasteiger partial charge in [0.25, 0.3) is 5.69 Å². The molecule has 0 aliphatic heterocycles. The zero-order chi connectivity index (χ0) is 11.3. The molecule has 5 heteroatoms. The predicted molar refractivity (Wildman–Crippen MR) is 60.1 cm³/mol. The number of thioether (sulfide) groups is 1. The Bertz CT molecular complexity index is 326. The summed E-state index contributed by atoms with van der Waals surface area (Å²) >= 11 is 1.50. The number of benzene rings is 1. The van der Waals surface area contributed by atoms with Crippen LogP contribution in [0.3, 0.4) is 0 Å². The highest BCUT2D eigenvalue weighted by molar-refractivity contribution is 7.99. The van der Waals surface area contributed by atoms with E-state index in [2.05, 4.69) is 0 Å². The summed E-state index contributed by atoms with van der Waals surface area (Å²) in [5.74, 6) is 0.619. The van der Waals surface area contributed by atoms with Crippen LogP contribution in [0.2, 0.25) is 0 Å². The number of rotatable bonds is 5. The van der Waals surface area contributed by atoms with Gasteiger partial charge in [-0.05, 0) is 18.6 Å². The molecular formula is C10H13NO3S. The quantitative estimate of drug-likeness (QED) is 0.477. The fraction of sp³-hybridized carbons (Fsp3) is 0.400. The van der Waals surface area contributed by atoms with Gasteiger partial charge in [-0.15, -0.1) is 11.8 Å². The highest BCUT2D eigenvalue weighted by Gasteiger charge is 2.05. The van der Waals surface area contributed by atoms with Crippen molar-refractivity contribution in [3.63, 3.8) is 0 Å². The first kappa shape index (κ1) is 12.0. The van der Waals surface area contributed by atoms with E-state index in [0.29, 0.717) is 5.75 Å².